The summed E-state index contributed by atoms with van der Waals surface area (Å²) in [5, 5.41) is 10.4. The van der Waals surface area contributed by atoms with Crippen molar-refractivity contribution in [3.8, 4) is 0 Å². The van der Waals surface area contributed by atoms with Gasteiger partial charge in [0.2, 0.25) is 5.91 Å². The highest BCUT2D eigenvalue weighted by molar-refractivity contribution is 7.99. The van der Waals surface area contributed by atoms with E-state index in [1.165, 1.54) is 23.9 Å². The molecule has 0 aliphatic rings. The van der Waals surface area contributed by atoms with Crippen molar-refractivity contribution in [1.29, 1.82) is 0 Å². The van der Waals surface area contributed by atoms with Crippen molar-refractivity contribution in [1.82, 2.24) is 5.43 Å². The minimum atomic E-state index is -0.445. The van der Waals surface area contributed by atoms with Crippen LogP contribution >= 0.6 is 11.8 Å². The van der Waals surface area contributed by atoms with Gasteiger partial charge < -0.3 is 0 Å². The minimum absolute atomic E-state index is 0.0575. The molecule has 1 amide bonds. The standard InChI is InChI=1S/C10H13N3O3S/c1-7(10(14)12-11)6-17-9-4-2-8(3-5-9)13(15)16/h2-5,7H,6,11H2,1H3,(H,12,14). The molecule has 17 heavy (non-hydrogen) atoms. The van der Waals surface area contributed by atoms with E-state index in [1.807, 2.05) is 0 Å². The molecule has 0 saturated heterocycles. The van der Waals surface area contributed by atoms with E-state index in [2.05, 4.69) is 5.43 Å². The summed E-state index contributed by atoms with van der Waals surface area (Å²) in [4.78, 5) is 22.0. The van der Waals surface area contributed by atoms with E-state index in [4.69, 9.17) is 5.84 Å². The number of carbonyl (C=O) groups excluding carboxylic acids is 1. The van der Waals surface area contributed by atoms with Crippen LogP contribution in [-0.2, 0) is 4.79 Å². The second kappa shape index (κ2) is 6.21. The lowest BCUT2D eigenvalue weighted by molar-refractivity contribution is -0.384. The maximum absolute atomic E-state index is 11.1. The predicted octanol–water partition coefficient (Wildman–Crippen LogP) is 1.31. The molecule has 0 fully saturated rings. The third-order valence-corrected chi connectivity index (χ3v) is 3.41. The molecule has 1 unspecified atom stereocenters. The average Bonchev–Trinajstić information content (AvgIpc) is 2.35. The Morgan fingerprint density at radius 2 is 2.12 bits per heavy atom. The molecule has 0 heterocycles. The van der Waals surface area contributed by atoms with Gasteiger partial charge in [0.1, 0.15) is 0 Å². The summed E-state index contributed by atoms with van der Waals surface area (Å²) in [6.45, 7) is 1.76. The van der Waals surface area contributed by atoms with Crippen LogP contribution < -0.4 is 11.3 Å². The van der Waals surface area contributed by atoms with Gasteiger partial charge in [-0.25, -0.2) is 5.84 Å². The quantitative estimate of drug-likeness (QED) is 0.272. The molecule has 0 aliphatic carbocycles. The number of carbonyl (C=O) groups is 1. The Balaban J connectivity index is 2.53. The number of nitro benzene ring substituents is 1. The van der Waals surface area contributed by atoms with Crippen LogP contribution in [0.3, 0.4) is 0 Å². The molecular formula is C10H13N3O3S. The number of nitrogens with one attached hydrogen (secondary N) is 1. The van der Waals surface area contributed by atoms with Crippen LogP contribution in [0.1, 0.15) is 6.92 Å². The van der Waals surface area contributed by atoms with Crippen LogP contribution in [0.4, 0.5) is 5.69 Å². The Hall–Kier alpha value is -1.60. The van der Waals surface area contributed by atoms with Gasteiger partial charge in [0.25, 0.3) is 5.69 Å². The highest BCUT2D eigenvalue weighted by Gasteiger charge is 2.12. The van der Waals surface area contributed by atoms with Crippen molar-refractivity contribution in [3.05, 3.63) is 34.4 Å². The lowest BCUT2D eigenvalue weighted by atomic mass is 10.2. The van der Waals surface area contributed by atoms with Crippen LogP contribution in [0.2, 0.25) is 0 Å². The van der Waals surface area contributed by atoms with Gasteiger partial charge in [0.05, 0.1) is 4.92 Å². The van der Waals surface area contributed by atoms with E-state index in [-0.39, 0.29) is 17.5 Å². The summed E-state index contributed by atoms with van der Waals surface area (Å²) in [5.74, 6) is 5.15. The lowest BCUT2D eigenvalue weighted by Gasteiger charge is -2.08. The second-order valence-corrected chi connectivity index (χ2v) is 4.57. The van der Waals surface area contributed by atoms with Gasteiger partial charge in [-0.3, -0.25) is 20.3 Å². The van der Waals surface area contributed by atoms with E-state index in [1.54, 1.807) is 19.1 Å². The Bertz CT molecular complexity index is 408. The maximum Gasteiger partial charge on any atom is 0.269 e. The van der Waals surface area contributed by atoms with Crippen LogP contribution in [-0.4, -0.2) is 16.6 Å². The highest BCUT2D eigenvalue weighted by atomic mass is 32.2. The largest absolute Gasteiger partial charge is 0.294 e. The van der Waals surface area contributed by atoms with Crippen molar-refractivity contribution in [2.24, 2.45) is 11.8 Å². The monoisotopic (exact) mass is 255 g/mol. The van der Waals surface area contributed by atoms with E-state index in [9.17, 15) is 14.9 Å². The fourth-order valence-electron chi connectivity index (χ4n) is 1.10. The van der Waals surface area contributed by atoms with E-state index in [0.717, 1.165) is 4.90 Å². The maximum atomic E-state index is 11.1. The highest BCUT2D eigenvalue weighted by Crippen LogP contribution is 2.23. The number of thioether (sulfide) groups is 1. The van der Waals surface area contributed by atoms with Gasteiger partial charge in [0.15, 0.2) is 0 Å². The van der Waals surface area contributed by atoms with Gasteiger partial charge in [-0.15, -0.1) is 11.8 Å². The Labute approximate surface area is 103 Å². The molecule has 1 rings (SSSR count). The molecule has 1 aromatic rings. The van der Waals surface area contributed by atoms with E-state index >= 15 is 0 Å². The normalized spacial score (nSPS) is 11.9. The number of hydrogen-bond acceptors (Lipinski definition) is 5. The van der Waals surface area contributed by atoms with E-state index in [0.29, 0.717) is 5.75 Å². The number of nitrogens with zero attached hydrogens (tertiary/aromatic N) is 1. The first-order chi connectivity index (χ1) is 8.04. The summed E-state index contributed by atoms with van der Waals surface area (Å²) in [6.07, 6.45) is 0. The lowest BCUT2D eigenvalue weighted by Crippen LogP contribution is -2.35. The Kier molecular flexibility index (Phi) is 4.92. The van der Waals surface area contributed by atoms with Crippen LogP contribution in [0, 0.1) is 16.0 Å². The molecule has 6 nitrogen and oxygen atoms in total. The zero-order chi connectivity index (χ0) is 12.8. The summed E-state index contributed by atoms with van der Waals surface area (Å²) in [6, 6.07) is 6.21. The molecule has 3 N–H and O–H groups in total. The fourth-order valence-corrected chi connectivity index (χ4v) is 2.03. The van der Waals surface area contributed by atoms with Gasteiger partial charge in [0, 0.05) is 28.7 Å². The van der Waals surface area contributed by atoms with Crippen molar-refractivity contribution in [2.45, 2.75) is 11.8 Å². The third kappa shape index (κ3) is 4.04. The minimum Gasteiger partial charge on any atom is -0.294 e. The topological polar surface area (TPSA) is 98.3 Å². The number of hydrazine groups is 1. The summed E-state index contributed by atoms with van der Waals surface area (Å²) in [5.41, 5.74) is 2.14. The first kappa shape index (κ1) is 13.5. The molecule has 0 saturated carbocycles. The van der Waals surface area contributed by atoms with Gasteiger partial charge >= 0.3 is 0 Å². The van der Waals surface area contributed by atoms with Gasteiger partial charge in [-0.1, -0.05) is 6.92 Å². The number of nitrogens with two attached hydrogens (primary N) is 1. The van der Waals surface area contributed by atoms with Crippen LogP contribution in [0.15, 0.2) is 29.2 Å². The fraction of sp³-hybridized carbons (Fsp3) is 0.300. The van der Waals surface area contributed by atoms with Crippen molar-refractivity contribution < 1.29 is 9.72 Å². The number of benzene rings is 1. The molecule has 0 spiro atoms. The van der Waals surface area contributed by atoms with Gasteiger partial charge in [-0.05, 0) is 12.1 Å². The van der Waals surface area contributed by atoms with Crippen molar-refractivity contribution in [2.75, 3.05) is 5.75 Å². The van der Waals surface area contributed by atoms with Crippen molar-refractivity contribution >= 4 is 23.4 Å². The number of hydrogen-bond donors (Lipinski definition) is 2. The molecule has 0 radical (unpaired) electrons. The zero-order valence-electron chi connectivity index (χ0n) is 9.25. The molecule has 92 valence electrons. The molecular weight excluding hydrogens is 242 g/mol. The predicted molar refractivity (Wildman–Crippen MR) is 65.3 cm³/mol. The van der Waals surface area contributed by atoms with E-state index < -0.39 is 4.92 Å². The Morgan fingerprint density at radius 3 is 2.59 bits per heavy atom. The van der Waals surface area contributed by atoms with Crippen LogP contribution in [0.5, 0.6) is 0 Å². The number of rotatable bonds is 5. The summed E-state index contributed by atoms with van der Waals surface area (Å²) in [7, 11) is 0. The van der Waals surface area contributed by atoms with Gasteiger partial charge in [-0.2, -0.15) is 0 Å². The molecule has 0 aromatic heterocycles. The number of non-ortho nitro benzene ring substituents is 1. The first-order valence-electron chi connectivity index (χ1n) is 4.92. The summed E-state index contributed by atoms with van der Waals surface area (Å²) >= 11 is 1.45. The molecule has 1 atom stereocenters. The molecule has 7 heteroatoms. The average molecular weight is 255 g/mol. The zero-order valence-corrected chi connectivity index (χ0v) is 10.1. The Morgan fingerprint density at radius 1 is 1.53 bits per heavy atom. The molecule has 0 bridgehead atoms. The SMILES string of the molecule is CC(CSc1ccc([N+](=O)[O-])cc1)C(=O)NN. The number of nitro groups is 1. The third-order valence-electron chi connectivity index (χ3n) is 2.14. The van der Waals surface area contributed by atoms with Crippen LogP contribution in [0.25, 0.3) is 0 Å². The second-order valence-electron chi connectivity index (χ2n) is 3.47. The molecule has 0 aliphatic heterocycles. The number of amides is 1. The first-order valence-corrected chi connectivity index (χ1v) is 5.91. The smallest absolute Gasteiger partial charge is 0.269 e. The molecule has 1 aromatic carbocycles. The summed E-state index contributed by atoms with van der Waals surface area (Å²) < 4.78 is 0. The van der Waals surface area contributed by atoms with Crippen molar-refractivity contribution in [3.63, 3.8) is 0 Å².